The van der Waals surface area contributed by atoms with Gasteiger partial charge in [-0.1, -0.05) is 6.92 Å². The highest BCUT2D eigenvalue weighted by Crippen LogP contribution is 2.24. The quantitative estimate of drug-likeness (QED) is 0.895. The molecule has 6 heteroatoms. The van der Waals surface area contributed by atoms with Crippen molar-refractivity contribution in [3.05, 3.63) is 11.1 Å². The second-order valence-corrected chi connectivity index (χ2v) is 7.66. The Hall–Kier alpha value is -1.14. The molecule has 2 fully saturated rings. The van der Waals surface area contributed by atoms with Crippen molar-refractivity contribution >= 4 is 22.4 Å². The molecule has 2 saturated heterocycles. The highest BCUT2D eigenvalue weighted by molar-refractivity contribution is 7.15. The van der Waals surface area contributed by atoms with E-state index in [9.17, 15) is 4.79 Å². The molecule has 5 nitrogen and oxygen atoms in total. The normalized spacial score (nSPS) is 20.0. The van der Waals surface area contributed by atoms with Crippen LogP contribution in [0.5, 0.6) is 0 Å². The second-order valence-electron chi connectivity index (χ2n) is 6.56. The first-order valence-electron chi connectivity index (χ1n) is 8.94. The lowest BCUT2D eigenvalue weighted by molar-refractivity contribution is -0.131. The van der Waals surface area contributed by atoms with Crippen LogP contribution in [0.1, 0.15) is 37.5 Å². The molecule has 3 heterocycles. The number of aromatic nitrogens is 1. The van der Waals surface area contributed by atoms with Crippen molar-refractivity contribution in [2.75, 3.05) is 44.2 Å². The fraction of sp³-hybridized carbons (Fsp3) is 0.765. The molecular weight excluding hydrogens is 308 g/mol. The molecule has 0 unspecified atom stereocenters. The molecule has 0 bridgehead atoms. The van der Waals surface area contributed by atoms with Gasteiger partial charge in [-0.2, -0.15) is 0 Å². The van der Waals surface area contributed by atoms with Gasteiger partial charge in [0.2, 0.25) is 5.91 Å². The molecule has 2 aliphatic heterocycles. The highest BCUT2D eigenvalue weighted by atomic mass is 32.1. The summed E-state index contributed by atoms with van der Waals surface area (Å²) in [5.74, 6) is 1.08. The monoisotopic (exact) mass is 336 g/mol. The van der Waals surface area contributed by atoms with Crippen molar-refractivity contribution in [3.63, 3.8) is 0 Å². The minimum Gasteiger partial charge on any atom is -0.345 e. The van der Waals surface area contributed by atoms with Crippen LogP contribution in [0.15, 0.2) is 6.20 Å². The van der Waals surface area contributed by atoms with Gasteiger partial charge in [-0.15, -0.1) is 11.3 Å². The van der Waals surface area contributed by atoms with Gasteiger partial charge in [-0.25, -0.2) is 4.98 Å². The first-order chi connectivity index (χ1) is 11.3. The van der Waals surface area contributed by atoms with Gasteiger partial charge in [0, 0.05) is 43.7 Å². The standard InChI is InChI=1S/C17H28N4OS/c1-2-15-13-19-17(23-15)21-11-9-20(10-12-21)16(22)4-3-14-5-7-18-8-6-14/h13-14,18H,2-12H2,1H3. The van der Waals surface area contributed by atoms with Crippen molar-refractivity contribution in [3.8, 4) is 0 Å². The summed E-state index contributed by atoms with van der Waals surface area (Å²) < 4.78 is 0. The molecule has 0 atom stereocenters. The zero-order chi connectivity index (χ0) is 16.1. The summed E-state index contributed by atoms with van der Waals surface area (Å²) in [4.78, 5) is 22.6. The molecule has 0 radical (unpaired) electrons. The smallest absolute Gasteiger partial charge is 0.222 e. The van der Waals surface area contributed by atoms with Crippen LogP contribution >= 0.6 is 11.3 Å². The van der Waals surface area contributed by atoms with Crippen molar-refractivity contribution in [1.82, 2.24) is 15.2 Å². The summed E-state index contributed by atoms with van der Waals surface area (Å²) in [6, 6.07) is 0. The molecule has 0 spiro atoms. The maximum atomic E-state index is 12.4. The Kier molecular flexibility index (Phi) is 5.89. The zero-order valence-corrected chi connectivity index (χ0v) is 14.9. The number of aryl methyl sites for hydroxylation is 1. The highest BCUT2D eigenvalue weighted by Gasteiger charge is 2.23. The van der Waals surface area contributed by atoms with Crippen LogP contribution < -0.4 is 10.2 Å². The van der Waals surface area contributed by atoms with E-state index in [2.05, 4.69) is 22.1 Å². The fourth-order valence-corrected chi connectivity index (χ4v) is 4.31. The number of nitrogens with zero attached hydrogens (tertiary/aromatic N) is 3. The molecule has 0 aromatic carbocycles. The van der Waals surface area contributed by atoms with E-state index in [1.807, 2.05) is 11.1 Å². The molecule has 1 aromatic rings. The molecule has 3 rings (SSSR count). The molecule has 1 amide bonds. The van der Waals surface area contributed by atoms with E-state index < -0.39 is 0 Å². The van der Waals surface area contributed by atoms with E-state index in [-0.39, 0.29) is 0 Å². The van der Waals surface area contributed by atoms with Crippen LogP contribution in [-0.2, 0) is 11.2 Å². The van der Waals surface area contributed by atoms with Crippen LogP contribution in [0.3, 0.4) is 0 Å². The molecule has 0 aliphatic carbocycles. The number of carbonyl (C=O) groups is 1. The predicted molar refractivity (Wildman–Crippen MR) is 95.1 cm³/mol. The maximum absolute atomic E-state index is 12.4. The third-order valence-electron chi connectivity index (χ3n) is 5.02. The Labute approximate surface area is 143 Å². The van der Waals surface area contributed by atoms with Gasteiger partial charge in [-0.05, 0) is 44.7 Å². The molecule has 23 heavy (non-hydrogen) atoms. The van der Waals surface area contributed by atoms with Crippen LogP contribution in [0.25, 0.3) is 0 Å². The van der Waals surface area contributed by atoms with Gasteiger partial charge in [0.15, 0.2) is 5.13 Å². The van der Waals surface area contributed by atoms with Crippen molar-refractivity contribution < 1.29 is 4.79 Å². The summed E-state index contributed by atoms with van der Waals surface area (Å²) in [5.41, 5.74) is 0. The van der Waals surface area contributed by atoms with Crippen molar-refractivity contribution in [2.45, 2.75) is 39.0 Å². The third kappa shape index (κ3) is 4.44. The second kappa shape index (κ2) is 8.11. The van der Waals surface area contributed by atoms with Crippen molar-refractivity contribution in [2.24, 2.45) is 5.92 Å². The van der Waals surface area contributed by atoms with Gasteiger partial charge in [0.1, 0.15) is 0 Å². The van der Waals surface area contributed by atoms with Crippen LogP contribution in [0.2, 0.25) is 0 Å². The largest absolute Gasteiger partial charge is 0.345 e. The summed E-state index contributed by atoms with van der Waals surface area (Å²) in [5, 5.41) is 4.50. The SMILES string of the molecule is CCc1cnc(N2CCN(C(=O)CCC3CCNCC3)CC2)s1. The third-order valence-corrected chi connectivity index (χ3v) is 6.22. The van der Waals surface area contributed by atoms with E-state index in [1.165, 1.54) is 17.7 Å². The van der Waals surface area contributed by atoms with Crippen LogP contribution in [0, 0.1) is 5.92 Å². The minimum absolute atomic E-state index is 0.344. The average molecular weight is 337 g/mol. The molecule has 1 N–H and O–H groups in total. The van der Waals surface area contributed by atoms with Crippen LogP contribution in [-0.4, -0.2) is 55.1 Å². The number of nitrogens with one attached hydrogen (secondary N) is 1. The number of hydrogen-bond acceptors (Lipinski definition) is 5. The number of piperazine rings is 1. The Morgan fingerprint density at radius 1 is 1.30 bits per heavy atom. The predicted octanol–water partition coefficient (Wildman–Crippen LogP) is 2.13. The van der Waals surface area contributed by atoms with Gasteiger partial charge >= 0.3 is 0 Å². The topological polar surface area (TPSA) is 48.5 Å². The first-order valence-corrected chi connectivity index (χ1v) is 9.76. The summed E-state index contributed by atoms with van der Waals surface area (Å²) in [6.07, 6.45) is 7.27. The number of hydrogen-bond donors (Lipinski definition) is 1. The Balaban J connectivity index is 1.41. The molecule has 0 saturated carbocycles. The lowest BCUT2D eigenvalue weighted by Crippen LogP contribution is -2.48. The van der Waals surface area contributed by atoms with E-state index >= 15 is 0 Å². The Bertz CT molecular complexity index is 504. The molecule has 1 aromatic heterocycles. The van der Waals surface area contributed by atoms with Gasteiger partial charge in [0.05, 0.1) is 0 Å². The Morgan fingerprint density at radius 2 is 2.04 bits per heavy atom. The number of anilines is 1. The van der Waals surface area contributed by atoms with Crippen molar-refractivity contribution in [1.29, 1.82) is 0 Å². The van der Waals surface area contributed by atoms with E-state index in [1.54, 1.807) is 11.3 Å². The van der Waals surface area contributed by atoms with E-state index in [4.69, 9.17) is 0 Å². The van der Waals surface area contributed by atoms with Gasteiger partial charge in [-0.3, -0.25) is 4.79 Å². The van der Waals surface area contributed by atoms with Gasteiger partial charge in [0.25, 0.3) is 0 Å². The van der Waals surface area contributed by atoms with Crippen LogP contribution in [0.4, 0.5) is 5.13 Å². The summed E-state index contributed by atoms with van der Waals surface area (Å²) in [6.45, 7) is 7.90. The zero-order valence-electron chi connectivity index (χ0n) is 14.1. The fourth-order valence-electron chi connectivity index (χ4n) is 3.41. The van der Waals surface area contributed by atoms with E-state index in [0.717, 1.165) is 69.6 Å². The maximum Gasteiger partial charge on any atom is 0.222 e. The lowest BCUT2D eigenvalue weighted by atomic mass is 9.93. The Morgan fingerprint density at radius 3 is 2.70 bits per heavy atom. The number of amides is 1. The minimum atomic E-state index is 0.344. The summed E-state index contributed by atoms with van der Waals surface area (Å²) >= 11 is 1.78. The number of thiazole rings is 1. The molecule has 128 valence electrons. The number of rotatable bonds is 5. The average Bonchev–Trinajstić information content (AvgIpc) is 3.10. The summed E-state index contributed by atoms with van der Waals surface area (Å²) in [7, 11) is 0. The number of carbonyl (C=O) groups excluding carboxylic acids is 1. The number of piperidine rings is 1. The molecular formula is C17H28N4OS. The molecule has 2 aliphatic rings. The lowest BCUT2D eigenvalue weighted by Gasteiger charge is -2.35. The first kappa shape index (κ1) is 16.7. The van der Waals surface area contributed by atoms with E-state index in [0.29, 0.717) is 5.91 Å². The van der Waals surface area contributed by atoms with Gasteiger partial charge < -0.3 is 15.1 Å².